The summed E-state index contributed by atoms with van der Waals surface area (Å²) in [4.78, 5) is 14.1. The maximum atomic E-state index is 13.0. The zero-order chi connectivity index (χ0) is 18.7. The summed E-state index contributed by atoms with van der Waals surface area (Å²) in [7, 11) is 0. The standard InChI is InChI=1S/C17H22F3N5O/c1-2-3-8-21-15(26)12-5-4-9-24(10-12)16-23-22-14-7-6-13(11-25(14)16)17(18,19)20/h6-7,11-12H,2-5,8-10H2,1H3,(H,21,26)/t12-/m1/s1. The van der Waals surface area contributed by atoms with Crippen molar-refractivity contribution in [2.45, 2.75) is 38.8 Å². The molecule has 1 aliphatic heterocycles. The summed E-state index contributed by atoms with van der Waals surface area (Å²) in [5.74, 6) is 0.142. The second-order valence-electron chi connectivity index (χ2n) is 6.57. The molecule has 3 rings (SSSR count). The number of nitrogens with zero attached hydrogens (tertiary/aromatic N) is 4. The number of nitrogens with one attached hydrogen (secondary N) is 1. The molecule has 1 fully saturated rings. The second-order valence-corrected chi connectivity index (χ2v) is 6.57. The number of piperidine rings is 1. The van der Waals surface area contributed by atoms with Gasteiger partial charge in [0.15, 0.2) is 5.65 Å². The fourth-order valence-corrected chi connectivity index (χ4v) is 3.17. The van der Waals surface area contributed by atoms with Gasteiger partial charge in [-0.25, -0.2) is 0 Å². The third-order valence-electron chi connectivity index (χ3n) is 4.62. The number of unbranched alkanes of at least 4 members (excludes halogenated alkanes) is 1. The number of alkyl halides is 3. The number of hydrogen-bond donors (Lipinski definition) is 1. The molecule has 1 atom stereocenters. The molecule has 2 aromatic heterocycles. The van der Waals surface area contributed by atoms with Crippen LogP contribution in [-0.2, 0) is 11.0 Å². The summed E-state index contributed by atoms with van der Waals surface area (Å²) in [6, 6.07) is 2.30. The van der Waals surface area contributed by atoms with Crippen LogP contribution >= 0.6 is 0 Å². The number of amides is 1. The number of carbonyl (C=O) groups excluding carboxylic acids is 1. The first-order chi connectivity index (χ1) is 12.4. The largest absolute Gasteiger partial charge is 0.417 e. The number of fused-ring (bicyclic) bond motifs is 1. The van der Waals surface area contributed by atoms with Gasteiger partial charge in [-0.1, -0.05) is 13.3 Å². The van der Waals surface area contributed by atoms with E-state index in [1.807, 2.05) is 4.90 Å². The molecule has 26 heavy (non-hydrogen) atoms. The molecule has 6 nitrogen and oxygen atoms in total. The van der Waals surface area contributed by atoms with Crippen LogP contribution in [0.2, 0.25) is 0 Å². The highest BCUT2D eigenvalue weighted by atomic mass is 19.4. The molecule has 0 bridgehead atoms. The van der Waals surface area contributed by atoms with Crippen molar-refractivity contribution in [2.24, 2.45) is 5.92 Å². The van der Waals surface area contributed by atoms with Crippen LogP contribution in [0, 0.1) is 5.92 Å². The monoisotopic (exact) mass is 369 g/mol. The van der Waals surface area contributed by atoms with Crippen molar-refractivity contribution in [3.63, 3.8) is 0 Å². The number of aromatic nitrogens is 3. The molecule has 1 aliphatic rings. The zero-order valence-electron chi connectivity index (χ0n) is 14.6. The average Bonchev–Trinajstić information content (AvgIpc) is 3.04. The van der Waals surface area contributed by atoms with E-state index in [2.05, 4.69) is 22.4 Å². The predicted molar refractivity (Wildman–Crippen MR) is 90.8 cm³/mol. The molecule has 1 amide bonds. The van der Waals surface area contributed by atoms with Crippen molar-refractivity contribution in [3.05, 3.63) is 23.9 Å². The van der Waals surface area contributed by atoms with Crippen molar-refractivity contribution in [1.82, 2.24) is 19.9 Å². The summed E-state index contributed by atoms with van der Waals surface area (Å²) < 4.78 is 40.3. The lowest BCUT2D eigenvalue weighted by Gasteiger charge is -2.32. The molecule has 0 aromatic carbocycles. The van der Waals surface area contributed by atoms with E-state index in [-0.39, 0.29) is 11.8 Å². The van der Waals surface area contributed by atoms with Gasteiger partial charge >= 0.3 is 6.18 Å². The number of hydrogen-bond acceptors (Lipinski definition) is 4. The molecule has 142 valence electrons. The van der Waals surface area contributed by atoms with Gasteiger partial charge in [-0.3, -0.25) is 9.20 Å². The van der Waals surface area contributed by atoms with Gasteiger partial charge in [0.2, 0.25) is 11.9 Å². The van der Waals surface area contributed by atoms with E-state index < -0.39 is 11.7 Å². The normalized spacial score (nSPS) is 18.3. The van der Waals surface area contributed by atoms with Gasteiger partial charge in [0.25, 0.3) is 0 Å². The van der Waals surface area contributed by atoms with Crippen LogP contribution in [0.5, 0.6) is 0 Å². The Morgan fingerprint density at radius 1 is 1.35 bits per heavy atom. The van der Waals surface area contributed by atoms with E-state index in [9.17, 15) is 18.0 Å². The maximum Gasteiger partial charge on any atom is 0.417 e. The zero-order valence-corrected chi connectivity index (χ0v) is 14.6. The molecular formula is C17H22F3N5O. The lowest BCUT2D eigenvalue weighted by atomic mass is 9.97. The Morgan fingerprint density at radius 3 is 2.88 bits per heavy atom. The summed E-state index contributed by atoms with van der Waals surface area (Å²) in [5, 5.41) is 10.9. The predicted octanol–water partition coefficient (Wildman–Crippen LogP) is 2.88. The fraction of sp³-hybridized carbons (Fsp3) is 0.588. The summed E-state index contributed by atoms with van der Waals surface area (Å²) in [6.45, 7) is 3.76. The minimum Gasteiger partial charge on any atom is -0.356 e. The molecule has 9 heteroatoms. The third kappa shape index (κ3) is 3.91. The van der Waals surface area contributed by atoms with Crippen LogP contribution in [0.25, 0.3) is 5.65 Å². The van der Waals surface area contributed by atoms with E-state index in [0.717, 1.165) is 37.9 Å². The Labute approximate surface area is 149 Å². The molecule has 0 radical (unpaired) electrons. The van der Waals surface area contributed by atoms with E-state index in [4.69, 9.17) is 0 Å². The van der Waals surface area contributed by atoms with Gasteiger partial charge in [-0.05, 0) is 31.4 Å². The number of pyridine rings is 1. The van der Waals surface area contributed by atoms with E-state index in [1.54, 1.807) is 0 Å². The second kappa shape index (κ2) is 7.51. The van der Waals surface area contributed by atoms with Crippen molar-refractivity contribution in [3.8, 4) is 0 Å². The quantitative estimate of drug-likeness (QED) is 0.824. The van der Waals surface area contributed by atoms with Gasteiger partial charge in [0, 0.05) is 25.8 Å². The molecule has 0 spiro atoms. The Balaban J connectivity index is 1.79. The van der Waals surface area contributed by atoms with Gasteiger partial charge in [0.1, 0.15) is 0 Å². The number of halogens is 3. The van der Waals surface area contributed by atoms with Gasteiger partial charge in [-0.15, -0.1) is 10.2 Å². The molecule has 2 aromatic rings. The van der Waals surface area contributed by atoms with Gasteiger partial charge in [-0.2, -0.15) is 13.2 Å². The number of anilines is 1. The van der Waals surface area contributed by atoms with E-state index in [1.165, 1.54) is 10.5 Å². The lowest BCUT2D eigenvalue weighted by Crippen LogP contribution is -2.44. The van der Waals surface area contributed by atoms with E-state index >= 15 is 0 Å². The highest BCUT2D eigenvalue weighted by Gasteiger charge is 2.32. The van der Waals surface area contributed by atoms with Crippen molar-refractivity contribution >= 4 is 17.5 Å². The van der Waals surface area contributed by atoms with Crippen molar-refractivity contribution in [1.29, 1.82) is 0 Å². The lowest BCUT2D eigenvalue weighted by molar-refractivity contribution is -0.137. The highest BCUT2D eigenvalue weighted by Crippen LogP contribution is 2.30. The molecular weight excluding hydrogens is 347 g/mol. The molecule has 0 aliphatic carbocycles. The molecule has 1 N–H and O–H groups in total. The van der Waals surface area contributed by atoms with Crippen LogP contribution in [0.4, 0.5) is 19.1 Å². The fourth-order valence-electron chi connectivity index (χ4n) is 3.17. The topological polar surface area (TPSA) is 62.5 Å². The third-order valence-corrected chi connectivity index (χ3v) is 4.62. The van der Waals surface area contributed by atoms with Gasteiger partial charge < -0.3 is 10.2 Å². The molecule has 1 saturated heterocycles. The Bertz CT molecular complexity index is 773. The molecule has 0 unspecified atom stereocenters. The van der Waals surface area contributed by atoms with Crippen LogP contribution < -0.4 is 10.2 Å². The highest BCUT2D eigenvalue weighted by molar-refractivity contribution is 5.79. The van der Waals surface area contributed by atoms with E-state index in [0.29, 0.717) is 31.2 Å². The van der Waals surface area contributed by atoms with Crippen LogP contribution in [0.15, 0.2) is 18.3 Å². The Hall–Kier alpha value is -2.32. The average molecular weight is 369 g/mol. The number of rotatable bonds is 5. The first-order valence-corrected chi connectivity index (χ1v) is 8.84. The first kappa shape index (κ1) is 18.5. The SMILES string of the molecule is CCCCNC(=O)[C@@H]1CCCN(c2nnc3ccc(C(F)(F)F)cn23)C1. The Kier molecular flexibility index (Phi) is 5.33. The van der Waals surface area contributed by atoms with Crippen LogP contribution in [-0.4, -0.2) is 40.1 Å². The molecule has 0 saturated carbocycles. The summed E-state index contributed by atoms with van der Waals surface area (Å²) >= 11 is 0. The van der Waals surface area contributed by atoms with Crippen LogP contribution in [0.3, 0.4) is 0 Å². The van der Waals surface area contributed by atoms with Gasteiger partial charge in [0.05, 0.1) is 11.5 Å². The summed E-state index contributed by atoms with van der Waals surface area (Å²) in [6.07, 6.45) is 0.0508. The van der Waals surface area contributed by atoms with Crippen molar-refractivity contribution < 1.29 is 18.0 Å². The summed E-state index contributed by atoms with van der Waals surface area (Å²) in [5.41, 5.74) is -0.403. The van der Waals surface area contributed by atoms with Crippen LogP contribution in [0.1, 0.15) is 38.2 Å². The molecule has 3 heterocycles. The minimum absolute atomic E-state index is 0.00653. The smallest absolute Gasteiger partial charge is 0.356 e. The minimum atomic E-state index is -4.43. The Morgan fingerprint density at radius 2 is 2.15 bits per heavy atom. The maximum absolute atomic E-state index is 13.0. The van der Waals surface area contributed by atoms with Crippen molar-refractivity contribution in [2.75, 3.05) is 24.5 Å². The first-order valence-electron chi connectivity index (χ1n) is 8.84. The number of carbonyl (C=O) groups is 1.